The van der Waals surface area contributed by atoms with E-state index in [-0.39, 0.29) is 17.7 Å². The van der Waals surface area contributed by atoms with Gasteiger partial charge in [-0.2, -0.15) is 0 Å². The topological polar surface area (TPSA) is 46.2 Å². The molecule has 1 aliphatic carbocycles. The second kappa shape index (κ2) is 7.22. The average Bonchev–Trinajstić information content (AvgIpc) is 2.53. The van der Waals surface area contributed by atoms with Gasteiger partial charge in [0.25, 0.3) is 0 Å². The maximum absolute atomic E-state index is 12.1. The molecule has 0 aromatic heterocycles. The lowest BCUT2D eigenvalue weighted by Crippen LogP contribution is -2.34. The zero-order valence-corrected chi connectivity index (χ0v) is 12.1. The van der Waals surface area contributed by atoms with E-state index in [2.05, 4.69) is 5.32 Å². The molecule has 2 rings (SSSR count). The van der Waals surface area contributed by atoms with E-state index in [0.717, 1.165) is 31.2 Å². The molecule has 1 fully saturated rings. The quantitative estimate of drug-likeness (QED) is 0.896. The Labute approximate surface area is 120 Å². The molecule has 0 atom stereocenters. The van der Waals surface area contributed by atoms with Gasteiger partial charge in [-0.15, -0.1) is 0 Å². The number of rotatable bonds is 5. The van der Waals surface area contributed by atoms with Crippen LogP contribution >= 0.6 is 0 Å². The van der Waals surface area contributed by atoms with Crippen molar-refractivity contribution >= 4 is 11.7 Å². The molecule has 0 radical (unpaired) electrons. The molecule has 20 heavy (non-hydrogen) atoms. The second-order valence-electron chi connectivity index (χ2n) is 5.57. The van der Waals surface area contributed by atoms with E-state index in [4.69, 9.17) is 0 Å². The van der Waals surface area contributed by atoms with E-state index in [1.165, 1.54) is 0 Å². The highest BCUT2D eigenvalue weighted by molar-refractivity contribution is 5.82. The molecule has 1 N–H and O–H groups in total. The normalized spacial score (nSPS) is 22.2. The Morgan fingerprint density at radius 2 is 1.65 bits per heavy atom. The zero-order chi connectivity index (χ0) is 14.4. The average molecular weight is 273 g/mol. The van der Waals surface area contributed by atoms with Gasteiger partial charge in [0.2, 0.25) is 5.91 Å². The summed E-state index contributed by atoms with van der Waals surface area (Å²) in [7, 11) is 0. The standard InChI is InChI=1S/C17H23NO2/c1-2-16(19)14-8-10-15(11-9-14)17(20)18-12-13-6-4-3-5-7-13/h3-7,14-15H,2,8-12H2,1H3,(H,18,20). The summed E-state index contributed by atoms with van der Waals surface area (Å²) in [5.74, 6) is 0.766. The minimum Gasteiger partial charge on any atom is -0.352 e. The van der Waals surface area contributed by atoms with Gasteiger partial charge in [-0.1, -0.05) is 37.3 Å². The predicted octanol–water partition coefficient (Wildman–Crippen LogP) is 3.09. The molecule has 3 heteroatoms. The van der Waals surface area contributed by atoms with E-state index >= 15 is 0 Å². The molecule has 1 amide bonds. The third-order valence-electron chi connectivity index (χ3n) is 4.21. The minimum atomic E-state index is 0.0830. The molecule has 1 saturated carbocycles. The summed E-state index contributed by atoms with van der Waals surface area (Å²) in [5.41, 5.74) is 1.12. The van der Waals surface area contributed by atoms with Gasteiger partial charge < -0.3 is 5.32 Å². The molecule has 0 saturated heterocycles. The van der Waals surface area contributed by atoms with Gasteiger partial charge >= 0.3 is 0 Å². The van der Waals surface area contributed by atoms with Crippen LogP contribution in [0.3, 0.4) is 0 Å². The Hall–Kier alpha value is -1.64. The van der Waals surface area contributed by atoms with Gasteiger partial charge in [0.15, 0.2) is 0 Å². The summed E-state index contributed by atoms with van der Waals surface area (Å²) >= 11 is 0. The number of nitrogens with one attached hydrogen (secondary N) is 1. The lowest BCUT2D eigenvalue weighted by atomic mass is 9.79. The Bertz CT molecular complexity index is 447. The minimum absolute atomic E-state index is 0.0830. The Morgan fingerprint density at radius 3 is 2.25 bits per heavy atom. The molecule has 1 aromatic carbocycles. The van der Waals surface area contributed by atoms with Crippen molar-refractivity contribution in [2.45, 2.75) is 45.6 Å². The maximum Gasteiger partial charge on any atom is 0.223 e. The molecule has 0 spiro atoms. The van der Waals surface area contributed by atoms with Crippen LogP contribution in [0.2, 0.25) is 0 Å². The number of Topliss-reactive ketones (excluding diaryl/α,β-unsaturated/α-hetero) is 1. The third kappa shape index (κ3) is 3.92. The van der Waals surface area contributed by atoms with Crippen molar-refractivity contribution < 1.29 is 9.59 Å². The Balaban J connectivity index is 1.76. The van der Waals surface area contributed by atoms with Crippen molar-refractivity contribution in [1.29, 1.82) is 0 Å². The molecule has 0 bridgehead atoms. The van der Waals surface area contributed by atoms with E-state index < -0.39 is 0 Å². The van der Waals surface area contributed by atoms with Crippen molar-refractivity contribution in [1.82, 2.24) is 5.32 Å². The first-order valence-corrected chi connectivity index (χ1v) is 7.55. The monoisotopic (exact) mass is 273 g/mol. The lowest BCUT2D eigenvalue weighted by Gasteiger charge is -2.26. The number of carbonyl (C=O) groups is 2. The van der Waals surface area contributed by atoms with E-state index in [1.807, 2.05) is 37.3 Å². The van der Waals surface area contributed by atoms with E-state index in [9.17, 15) is 9.59 Å². The van der Waals surface area contributed by atoms with Gasteiger partial charge in [-0.25, -0.2) is 0 Å². The van der Waals surface area contributed by atoms with Crippen molar-refractivity contribution in [3.05, 3.63) is 35.9 Å². The predicted molar refractivity (Wildman–Crippen MR) is 79.0 cm³/mol. The molecular weight excluding hydrogens is 250 g/mol. The molecule has 0 heterocycles. The van der Waals surface area contributed by atoms with Crippen molar-refractivity contribution in [3.8, 4) is 0 Å². The summed E-state index contributed by atoms with van der Waals surface area (Å²) in [5, 5.41) is 3.00. The smallest absolute Gasteiger partial charge is 0.223 e. The van der Waals surface area contributed by atoms with Crippen LogP contribution in [-0.2, 0) is 16.1 Å². The fourth-order valence-electron chi connectivity index (χ4n) is 2.90. The van der Waals surface area contributed by atoms with Gasteiger partial charge in [-0.3, -0.25) is 9.59 Å². The van der Waals surface area contributed by atoms with Crippen LogP contribution in [0.25, 0.3) is 0 Å². The summed E-state index contributed by atoms with van der Waals surface area (Å²) in [4.78, 5) is 23.8. The van der Waals surface area contributed by atoms with Crippen LogP contribution in [-0.4, -0.2) is 11.7 Å². The number of hydrogen-bond acceptors (Lipinski definition) is 2. The number of carbonyl (C=O) groups excluding carboxylic acids is 2. The first kappa shape index (κ1) is 14.8. The van der Waals surface area contributed by atoms with Crippen LogP contribution in [0.1, 0.15) is 44.6 Å². The SMILES string of the molecule is CCC(=O)C1CCC(C(=O)NCc2ccccc2)CC1. The molecule has 0 unspecified atom stereocenters. The van der Waals surface area contributed by atoms with Crippen LogP contribution < -0.4 is 5.32 Å². The summed E-state index contributed by atoms with van der Waals surface area (Å²) in [6.45, 7) is 2.51. The first-order chi connectivity index (χ1) is 9.70. The third-order valence-corrected chi connectivity index (χ3v) is 4.21. The molecule has 108 valence electrons. The fourth-order valence-corrected chi connectivity index (χ4v) is 2.90. The van der Waals surface area contributed by atoms with E-state index in [1.54, 1.807) is 0 Å². The highest BCUT2D eigenvalue weighted by Crippen LogP contribution is 2.30. The highest BCUT2D eigenvalue weighted by atomic mass is 16.2. The second-order valence-corrected chi connectivity index (χ2v) is 5.57. The van der Waals surface area contributed by atoms with E-state index in [0.29, 0.717) is 18.7 Å². The van der Waals surface area contributed by atoms with Gasteiger partial charge in [0, 0.05) is 24.8 Å². The molecule has 1 aliphatic rings. The van der Waals surface area contributed by atoms with Crippen LogP contribution in [0, 0.1) is 11.8 Å². The summed E-state index contributed by atoms with van der Waals surface area (Å²) in [6, 6.07) is 9.94. The zero-order valence-electron chi connectivity index (χ0n) is 12.1. The first-order valence-electron chi connectivity index (χ1n) is 7.55. The van der Waals surface area contributed by atoms with Gasteiger partial charge in [-0.05, 0) is 31.2 Å². The van der Waals surface area contributed by atoms with Crippen LogP contribution in [0.5, 0.6) is 0 Å². The lowest BCUT2D eigenvalue weighted by molar-refractivity contribution is -0.129. The van der Waals surface area contributed by atoms with Crippen molar-refractivity contribution in [3.63, 3.8) is 0 Å². The largest absolute Gasteiger partial charge is 0.352 e. The Morgan fingerprint density at radius 1 is 1.05 bits per heavy atom. The molecule has 1 aromatic rings. The summed E-state index contributed by atoms with van der Waals surface area (Å²) < 4.78 is 0. The molecular formula is C17H23NO2. The number of benzene rings is 1. The number of ketones is 1. The summed E-state index contributed by atoms with van der Waals surface area (Å²) in [6.07, 6.45) is 4.05. The van der Waals surface area contributed by atoms with Crippen LogP contribution in [0.4, 0.5) is 0 Å². The van der Waals surface area contributed by atoms with Gasteiger partial charge in [0.1, 0.15) is 5.78 Å². The fraction of sp³-hybridized carbons (Fsp3) is 0.529. The maximum atomic E-state index is 12.1. The molecule has 3 nitrogen and oxygen atoms in total. The van der Waals surface area contributed by atoms with Crippen LogP contribution in [0.15, 0.2) is 30.3 Å². The highest BCUT2D eigenvalue weighted by Gasteiger charge is 2.28. The van der Waals surface area contributed by atoms with Crippen molar-refractivity contribution in [2.75, 3.05) is 0 Å². The van der Waals surface area contributed by atoms with Gasteiger partial charge in [0.05, 0.1) is 0 Å². The molecule has 0 aliphatic heterocycles. The Kier molecular flexibility index (Phi) is 5.33. The number of amides is 1. The number of hydrogen-bond donors (Lipinski definition) is 1. The van der Waals surface area contributed by atoms with Crippen molar-refractivity contribution in [2.24, 2.45) is 11.8 Å².